The monoisotopic (exact) mass is 146 g/mol. The lowest BCUT2D eigenvalue weighted by Gasteiger charge is -1.94. The number of aliphatic imine (C=N–C) groups is 1. The summed E-state index contributed by atoms with van der Waals surface area (Å²) < 4.78 is 4.93. The van der Waals surface area contributed by atoms with Gasteiger partial charge in [0.05, 0.1) is 0 Å². The minimum absolute atomic E-state index is 0.673. The normalized spacial score (nSPS) is 9.36. The first kappa shape index (κ1) is 7.29. The van der Waals surface area contributed by atoms with Gasteiger partial charge in [0.2, 0.25) is 6.19 Å². The van der Waals surface area contributed by atoms with E-state index in [4.69, 9.17) is 10.00 Å². The second kappa shape index (κ2) is 4.07. The van der Waals surface area contributed by atoms with Crippen LogP contribution in [-0.4, -0.2) is 6.40 Å². The van der Waals surface area contributed by atoms with Gasteiger partial charge in [-0.3, -0.25) is 0 Å². The molecule has 0 saturated carbocycles. The number of hydrogen-bond acceptors (Lipinski definition) is 3. The Kier molecular flexibility index (Phi) is 2.70. The van der Waals surface area contributed by atoms with Crippen molar-refractivity contribution >= 4 is 6.40 Å². The lowest BCUT2D eigenvalue weighted by atomic mass is 10.3. The summed E-state index contributed by atoms with van der Waals surface area (Å²) >= 11 is 0. The van der Waals surface area contributed by atoms with Crippen LogP contribution in [0.4, 0.5) is 0 Å². The van der Waals surface area contributed by atoms with Gasteiger partial charge in [-0.25, -0.2) is 0 Å². The third-order valence-corrected chi connectivity index (χ3v) is 1.04. The van der Waals surface area contributed by atoms with Crippen LogP contribution in [0.5, 0.6) is 5.75 Å². The molecule has 0 atom stereocenters. The van der Waals surface area contributed by atoms with Crippen LogP contribution < -0.4 is 4.74 Å². The molecule has 0 fully saturated rings. The molecule has 0 radical (unpaired) electrons. The second-order valence-electron chi connectivity index (χ2n) is 1.77. The molecule has 0 unspecified atom stereocenters. The van der Waals surface area contributed by atoms with Crippen molar-refractivity contribution in [3.63, 3.8) is 0 Å². The van der Waals surface area contributed by atoms with E-state index in [9.17, 15) is 0 Å². The van der Waals surface area contributed by atoms with Gasteiger partial charge in [0.25, 0.3) is 0 Å². The van der Waals surface area contributed by atoms with Crippen LogP contribution in [0.25, 0.3) is 0 Å². The van der Waals surface area contributed by atoms with Crippen LogP contribution in [0.2, 0.25) is 0 Å². The standard InChI is InChI=1S/C8H6N2O/c9-6-10-7-11-8-4-2-1-3-5-8/h1-5,7H. The Balaban J connectivity index is 2.53. The Morgan fingerprint density at radius 2 is 2.09 bits per heavy atom. The first-order valence-electron chi connectivity index (χ1n) is 3.06. The zero-order chi connectivity index (χ0) is 7.94. The lowest BCUT2D eigenvalue weighted by molar-refractivity contribution is 0.574. The molecular weight excluding hydrogens is 140 g/mol. The number of para-hydroxylation sites is 1. The fraction of sp³-hybridized carbons (Fsp3) is 0. The number of benzene rings is 1. The fourth-order valence-electron chi connectivity index (χ4n) is 0.610. The molecule has 0 N–H and O–H groups in total. The molecule has 0 heterocycles. The topological polar surface area (TPSA) is 45.4 Å². The minimum atomic E-state index is 0.673. The van der Waals surface area contributed by atoms with Gasteiger partial charge in [-0.05, 0) is 12.1 Å². The van der Waals surface area contributed by atoms with Crippen LogP contribution in [-0.2, 0) is 0 Å². The second-order valence-corrected chi connectivity index (χ2v) is 1.77. The van der Waals surface area contributed by atoms with Crippen LogP contribution in [0, 0.1) is 11.5 Å². The first-order valence-corrected chi connectivity index (χ1v) is 3.06. The summed E-state index contributed by atoms with van der Waals surface area (Å²) in [6.07, 6.45) is 2.69. The summed E-state index contributed by atoms with van der Waals surface area (Å²) in [5, 5.41) is 8.02. The summed E-state index contributed by atoms with van der Waals surface area (Å²) in [7, 11) is 0. The van der Waals surface area contributed by atoms with Gasteiger partial charge in [-0.1, -0.05) is 18.2 Å². The maximum absolute atomic E-state index is 8.02. The third kappa shape index (κ3) is 2.50. The van der Waals surface area contributed by atoms with Crippen molar-refractivity contribution in [1.82, 2.24) is 0 Å². The van der Waals surface area contributed by atoms with Crippen molar-refractivity contribution in [1.29, 1.82) is 5.26 Å². The summed E-state index contributed by atoms with van der Waals surface area (Å²) in [5.41, 5.74) is 0. The number of nitrogens with zero attached hydrogens (tertiary/aromatic N) is 2. The molecule has 0 aliphatic carbocycles. The Labute approximate surface area is 64.6 Å². The molecule has 3 nitrogen and oxygen atoms in total. The number of nitriles is 1. The molecule has 54 valence electrons. The molecule has 3 heteroatoms. The van der Waals surface area contributed by atoms with Gasteiger partial charge in [0.1, 0.15) is 5.75 Å². The zero-order valence-corrected chi connectivity index (χ0v) is 5.77. The van der Waals surface area contributed by atoms with Crippen molar-refractivity contribution in [2.75, 3.05) is 0 Å². The van der Waals surface area contributed by atoms with Crippen molar-refractivity contribution < 1.29 is 4.74 Å². The first-order chi connectivity index (χ1) is 5.43. The van der Waals surface area contributed by atoms with E-state index >= 15 is 0 Å². The molecule has 0 spiro atoms. The van der Waals surface area contributed by atoms with Crippen LogP contribution in [0.1, 0.15) is 0 Å². The molecule has 0 aromatic heterocycles. The average Bonchev–Trinajstić information content (AvgIpc) is 2.07. The maximum atomic E-state index is 8.02. The van der Waals surface area contributed by atoms with Gasteiger partial charge in [-0.15, -0.1) is 4.99 Å². The van der Waals surface area contributed by atoms with Crippen molar-refractivity contribution in [2.24, 2.45) is 4.99 Å². The largest absolute Gasteiger partial charge is 0.445 e. The van der Waals surface area contributed by atoms with Gasteiger partial charge >= 0.3 is 0 Å². The fourth-order valence-corrected chi connectivity index (χ4v) is 0.610. The van der Waals surface area contributed by atoms with Gasteiger partial charge < -0.3 is 4.74 Å². The molecule has 1 rings (SSSR count). The molecule has 0 saturated heterocycles. The SMILES string of the molecule is N#CN=COc1ccccc1. The molecule has 1 aromatic carbocycles. The van der Waals surface area contributed by atoms with E-state index in [-0.39, 0.29) is 0 Å². The smallest absolute Gasteiger partial charge is 0.208 e. The summed E-state index contributed by atoms with van der Waals surface area (Å²) in [6, 6.07) is 9.13. The van der Waals surface area contributed by atoms with Gasteiger partial charge in [-0.2, -0.15) is 5.26 Å². The van der Waals surface area contributed by atoms with Gasteiger partial charge in [0, 0.05) is 0 Å². The molecule has 11 heavy (non-hydrogen) atoms. The van der Waals surface area contributed by atoms with E-state index in [1.807, 2.05) is 18.2 Å². The molecule has 0 aliphatic heterocycles. The summed E-state index contributed by atoms with van der Waals surface area (Å²) in [4.78, 5) is 3.23. The summed E-state index contributed by atoms with van der Waals surface area (Å²) in [5.74, 6) is 0.673. The molecule has 0 amide bonds. The Bertz CT molecular complexity index is 274. The predicted octanol–water partition coefficient (Wildman–Crippen LogP) is 1.57. The summed E-state index contributed by atoms with van der Waals surface area (Å²) in [6.45, 7) is 0. The highest BCUT2D eigenvalue weighted by atomic mass is 16.5. The highest BCUT2D eigenvalue weighted by molar-refractivity contribution is 5.52. The van der Waals surface area contributed by atoms with E-state index in [1.165, 1.54) is 0 Å². The quantitative estimate of drug-likeness (QED) is 0.361. The van der Waals surface area contributed by atoms with Crippen molar-refractivity contribution in [3.8, 4) is 11.9 Å². The Morgan fingerprint density at radius 1 is 1.36 bits per heavy atom. The minimum Gasteiger partial charge on any atom is -0.445 e. The van der Waals surface area contributed by atoms with E-state index in [0.29, 0.717) is 5.75 Å². The van der Waals surface area contributed by atoms with Gasteiger partial charge in [0.15, 0.2) is 6.40 Å². The maximum Gasteiger partial charge on any atom is 0.208 e. The molecule has 0 aliphatic rings. The highest BCUT2D eigenvalue weighted by Crippen LogP contribution is 2.06. The Morgan fingerprint density at radius 3 is 2.73 bits per heavy atom. The average molecular weight is 146 g/mol. The van der Waals surface area contributed by atoms with E-state index in [2.05, 4.69) is 4.99 Å². The van der Waals surface area contributed by atoms with Crippen molar-refractivity contribution in [3.05, 3.63) is 30.3 Å². The Hall–Kier alpha value is -1.82. The van der Waals surface area contributed by atoms with Crippen molar-refractivity contribution in [2.45, 2.75) is 0 Å². The number of hydrogen-bond donors (Lipinski definition) is 0. The van der Waals surface area contributed by atoms with Crippen LogP contribution in [0.3, 0.4) is 0 Å². The lowest BCUT2D eigenvalue weighted by Crippen LogP contribution is -1.87. The molecule has 0 bridgehead atoms. The van der Waals surface area contributed by atoms with Crippen LogP contribution >= 0.6 is 0 Å². The van der Waals surface area contributed by atoms with E-state index in [1.54, 1.807) is 18.3 Å². The number of rotatable bonds is 2. The molecular formula is C8H6N2O. The zero-order valence-electron chi connectivity index (χ0n) is 5.77. The van der Waals surface area contributed by atoms with E-state index < -0.39 is 0 Å². The predicted molar refractivity (Wildman–Crippen MR) is 41.2 cm³/mol. The third-order valence-electron chi connectivity index (χ3n) is 1.04. The van der Waals surface area contributed by atoms with E-state index in [0.717, 1.165) is 6.40 Å². The molecule has 1 aromatic rings. The number of ether oxygens (including phenoxy) is 1. The highest BCUT2D eigenvalue weighted by Gasteiger charge is 1.84. The van der Waals surface area contributed by atoms with Crippen LogP contribution in [0.15, 0.2) is 35.3 Å².